The molecule has 1 rings (SSSR count). The maximum absolute atomic E-state index is 11.5. The Morgan fingerprint density at radius 2 is 2.53 bits per heavy atom. The summed E-state index contributed by atoms with van der Waals surface area (Å²) in [7, 11) is 1.79. The molecule has 15 heavy (non-hydrogen) atoms. The molecule has 0 aliphatic carbocycles. The highest BCUT2D eigenvalue weighted by Gasteiger charge is 2.13. The van der Waals surface area contributed by atoms with Crippen LogP contribution in [0.5, 0.6) is 0 Å². The second-order valence-corrected chi connectivity index (χ2v) is 4.24. The molecule has 0 aliphatic rings. The lowest BCUT2D eigenvalue weighted by atomic mass is 10.2. The lowest BCUT2D eigenvalue weighted by Crippen LogP contribution is -2.36. The van der Waals surface area contributed by atoms with Crippen LogP contribution in [0.3, 0.4) is 0 Å². The highest BCUT2D eigenvalue weighted by molar-refractivity contribution is 7.98. The van der Waals surface area contributed by atoms with Crippen molar-refractivity contribution in [2.75, 3.05) is 17.3 Å². The lowest BCUT2D eigenvalue weighted by molar-refractivity contribution is -0.117. The first-order valence-corrected chi connectivity index (χ1v) is 6.08. The van der Waals surface area contributed by atoms with Gasteiger partial charge in [0.1, 0.15) is 0 Å². The number of amides is 1. The van der Waals surface area contributed by atoms with Crippen LogP contribution in [-0.2, 0) is 11.8 Å². The number of hydrogen-bond donors (Lipinski definition) is 2. The molecule has 0 spiro atoms. The number of aryl methyl sites for hydroxylation is 1. The molecule has 1 atom stereocenters. The minimum atomic E-state index is -0.459. The van der Waals surface area contributed by atoms with E-state index in [-0.39, 0.29) is 5.91 Å². The summed E-state index contributed by atoms with van der Waals surface area (Å²) in [6, 6.07) is 1.28. The van der Waals surface area contributed by atoms with E-state index in [1.54, 1.807) is 35.8 Å². The van der Waals surface area contributed by atoms with E-state index in [9.17, 15) is 4.79 Å². The predicted octanol–water partition coefficient (Wildman–Crippen LogP) is 0.439. The van der Waals surface area contributed by atoms with Crippen LogP contribution in [0.4, 0.5) is 5.82 Å². The van der Waals surface area contributed by atoms with E-state index in [0.717, 1.165) is 5.75 Å². The number of nitrogens with zero attached hydrogens (tertiary/aromatic N) is 2. The van der Waals surface area contributed by atoms with Crippen LogP contribution in [0.2, 0.25) is 0 Å². The van der Waals surface area contributed by atoms with Gasteiger partial charge < -0.3 is 11.1 Å². The number of aromatic nitrogens is 2. The summed E-state index contributed by atoms with van der Waals surface area (Å²) < 4.78 is 1.63. The molecule has 3 N–H and O–H groups in total. The Kier molecular flexibility index (Phi) is 4.64. The largest absolute Gasteiger partial charge is 0.320 e. The van der Waals surface area contributed by atoms with Crippen molar-refractivity contribution in [2.24, 2.45) is 12.8 Å². The zero-order chi connectivity index (χ0) is 11.3. The third-order valence-corrected chi connectivity index (χ3v) is 2.58. The first-order chi connectivity index (χ1) is 7.13. The van der Waals surface area contributed by atoms with E-state index < -0.39 is 6.04 Å². The van der Waals surface area contributed by atoms with Gasteiger partial charge in [-0.3, -0.25) is 9.48 Å². The van der Waals surface area contributed by atoms with E-state index in [1.807, 2.05) is 6.26 Å². The summed E-state index contributed by atoms with van der Waals surface area (Å²) in [5.41, 5.74) is 5.70. The molecular formula is C9H16N4OS. The van der Waals surface area contributed by atoms with Crippen LogP contribution in [0.25, 0.3) is 0 Å². The maximum Gasteiger partial charge on any atom is 0.242 e. The molecular weight excluding hydrogens is 212 g/mol. The molecule has 1 aromatic rings. The Bertz CT molecular complexity index is 326. The van der Waals surface area contributed by atoms with Gasteiger partial charge in [0, 0.05) is 19.3 Å². The lowest BCUT2D eigenvalue weighted by Gasteiger charge is -2.09. The minimum absolute atomic E-state index is 0.178. The molecule has 0 aliphatic heterocycles. The van der Waals surface area contributed by atoms with E-state index in [2.05, 4.69) is 10.4 Å². The second kappa shape index (κ2) is 5.77. The van der Waals surface area contributed by atoms with Crippen LogP contribution < -0.4 is 11.1 Å². The van der Waals surface area contributed by atoms with Gasteiger partial charge >= 0.3 is 0 Å². The van der Waals surface area contributed by atoms with Crippen molar-refractivity contribution in [3.05, 3.63) is 12.3 Å². The quantitative estimate of drug-likeness (QED) is 0.767. The fourth-order valence-electron chi connectivity index (χ4n) is 1.08. The SMILES string of the molecule is CSCC[C@@H](N)C(=O)Nc1ccn(C)n1. The number of carbonyl (C=O) groups is 1. The van der Waals surface area contributed by atoms with Gasteiger partial charge in [0.25, 0.3) is 0 Å². The summed E-state index contributed by atoms with van der Waals surface area (Å²) in [6.45, 7) is 0. The molecule has 5 nitrogen and oxygen atoms in total. The van der Waals surface area contributed by atoms with E-state index in [0.29, 0.717) is 12.2 Å². The highest BCUT2D eigenvalue weighted by Crippen LogP contribution is 2.04. The smallest absolute Gasteiger partial charge is 0.242 e. The number of carbonyl (C=O) groups excluding carboxylic acids is 1. The third kappa shape index (κ3) is 3.93. The van der Waals surface area contributed by atoms with Crippen molar-refractivity contribution in [3.63, 3.8) is 0 Å². The Morgan fingerprint density at radius 3 is 3.07 bits per heavy atom. The predicted molar refractivity (Wildman–Crippen MR) is 62.8 cm³/mol. The number of hydrogen-bond acceptors (Lipinski definition) is 4. The maximum atomic E-state index is 11.5. The molecule has 1 amide bonds. The van der Waals surface area contributed by atoms with Crippen LogP contribution >= 0.6 is 11.8 Å². The van der Waals surface area contributed by atoms with Crippen molar-refractivity contribution >= 4 is 23.5 Å². The molecule has 6 heteroatoms. The summed E-state index contributed by atoms with van der Waals surface area (Å²) in [5.74, 6) is 1.25. The topological polar surface area (TPSA) is 72.9 Å². The fraction of sp³-hybridized carbons (Fsp3) is 0.556. The summed E-state index contributed by atoms with van der Waals surface area (Å²) in [4.78, 5) is 11.5. The van der Waals surface area contributed by atoms with Crippen molar-refractivity contribution in [3.8, 4) is 0 Å². The molecule has 0 saturated heterocycles. The van der Waals surface area contributed by atoms with Gasteiger partial charge in [-0.15, -0.1) is 0 Å². The molecule has 0 aromatic carbocycles. The van der Waals surface area contributed by atoms with Gasteiger partial charge in [0.15, 0.2) is 5.82 Å². The third-order valence-electron chi connectivity index (χ3n) is 1.93. The van der Waals surface area contributed by atoms with Gasteiger partial charge in [-0.05, 0) is 18.4 Å². The Hall–Kier alpha value is -1.01. The highest BCUT2D eigenvalue weighted by atomic mass is 32.2. The van der Waals surface area contributed by atoms with Crippen LogP contribution in [0.1, 0.15) is 6.42 Å². The van der Waals surface area contributed by atoms with Crippen LogP contribution in [0.15, 0.2) is 12.3 Å². The van der Waals surface area contributed by atoms with Crippen LogP contribution in [-0.4, -0.2) is 33.7 Å². The number of nitrogens with one attached hydrogen (secondary N) is 1. The average Bonchev–Trinajstić information content (AvgIpc) is 2.60. The van der Waals surface area contributed by atoms with E-state index in [4.69, 9.17) is 5.73 Å². The molecule has 0 bridgehead atoms. The molecule has 0 saturated carbocycles. The first kappa shape index (κ1) is 12.1. The summed E-state index contributed by atoms with van der Waals surface area (Å²) in [6.07, 6.45) is 4.44. The zero-order valence-electron chi connectivity index (χ0n) is 8.93. The Balaban J connectivity index is 2.41. The monoisotopic (exact) mass is 228 g/mol. The molecule has 0 fully saturated rings. The van der Waals surface area contributed by atoms with Crippen LogP contribution in [0, 0.1) is 0 Å². The van der Waals surface area contributed by atoms with Gasteiger partial charge in [-0.25, -0.2) is 0 Å². The number of anilines is 1. The van der Waals surface area contributed by atoms with Gasteiger partial charge in [-0.1, -0.05) is 0 Å². The Labute approximate surface area is 93.4 Å². The standard InChI is InChI=1S/C9H16N4OS/c1-13-5-3-8(12-13)11-9(14)7(10)4-6-15-2/h3,5,7H,4,6,10H2,1-2H3,(H,11,12,14)/t7-/m1/s1. The molecule has 1 heterocycles. The number of thioether (sulfide) groups is 1. The average molecular weight is 228 g/mol. The normalized spacial score (nSPS) is 12.5. The fourth-order valence-corrected chi connectivity index (χ4v) is 1.57. The van der Waals surface area contributed by atoms with Crippen molar-refractivity contribution in [1.29, 1.82) is 0 Å². The molecule has 0 unspecified atom stereocenters. The zero-order valence-corrected chi connectivity index (χ0v) is 9.75. The minimum Gasteiger partial charge on any atom is -0.320 e. The van der Waals surface area contributed by atoms with Crippen molar-refractivity contribution < 1.29 is 4.79 Å². The van der Waals surface area contributed by atoms with E-state index in [1.165, 1.54) is 0 Å². The number of rotatable bonds is 5. The first-order valence-electron chi connectivity index (χ1n) is 4.68. The van der Waals surface area contributed by atoms with Gasteiger partial charge in [0.2, 0.25) is 5.91 Å². The Morgan fingerprint density at radius 1 is 1.80 bits per heavy atom. The van der Waals surface area contributed by atoms with Gasteiger partial charge in [0.05, 0.1) is 6.04 Å². The van der Waals surface area contributed by atoms with Crippen molar-refractivity contribution in [2.45, 2.75) is 12.5 Å². The van der Waals surface area contributed by atoms with E-state index >= 15 is 0 Å². The summed E-state index contributed by atoms with van der Waals surface area (Å²) >= 11 is 1.68. The second-order valence-electron chi connectivity index (χ2n) is 3.25. The number of nitrogens with two attached hydrogens (primary N) is 1. The summed E-state index contributed by atoms with van der Waals surface area (Å²) in [5, 5.41) is 6.70. The van der Waals surface area contributed by atoms with Gasteiger partial charge in [-0.2, -0.15) is 16.9 Å². The molecule has 1 aromatic heterocycles. The molecule has 0 radical (unpaired) electrons. The molecule has 84 valence electrons. The van der Waals surface area contributed by atoms with Crippen molar-refractivity contribution in [1.82, 2.24) is 9.78 Å².